The van der Waals surface area contributed by atoms with Crippen LogP contribution in [0.25, 0.3) is 22.2 Å². The van der Waals surface area contributed by atoms with E-state index < -0.39 is 0 Å². The van der Waals surface area contributed by atoms with E-state index in [2.05, 4.69) is 63.5 Å². The highest BCUT2D eigenvalue weighted by Crippen LogP contribution is 2.24. The average molecular weight is 327 g/mol. The van der Waals surface area contributed by atoms with Gasteiger partial charge >= 0.3 is 0 Å². The van der Waals surface area contributed by atoms with Gasteiger partial charge in [-0.05, 0) is 28.8 Å². The summed E-state index contributed by atoms with van der Waals surface area (Å²) in [5, 5.41) is 0.835. The van der Waals surface area contributed by atoms with Crippen molar-refractivity contribution in [3.63, 3.8) is 0 Å². The maximum atomic E-state index is 5.92. The summed E-state index contributed by atoms with van der Waals surface area (Å²) in [6.07, 6.45) is 4.01. The fourth-order valence-corrected chi connectivity index (χ4v) is 2.88. The van der Waals surface area contributed by atoms with Crippen LogP contribution in [0.3, 0.4) is 0 Å². The fraction of sp³-hybridized carbons (Fsp3) is 0.0952. The molecule has 0 unspecified atom stereocenters. The minimum Gasteiger partial charge on any atom is -0.477 e. The summed E-state index contributed by atoms with van der Waals surface area (Å²) >= 11 is 0. The van der Waals surface area contributed by atoms with E-state index in [1.54, 1.807) is 6.20 Å². The normalized spacial score (nSPS) is 10.7. The molecule has 2 aromatic carbocycles. The van der Waals surface area contributed by atoms with Crippen LogP contribution in [-0.4, -0.2) is 21.6 Å². The SMILES string of the molecule is c1ccc(-c2ccccc2CCOc2ncnc3ncccc23)cc1. The van der Waals surface area contributed by atoms with Crippen molar-refractivity contribution < 1.29 is 4.74 Å². The van der Waals surface area contributed by atoms with E-state index in [9.17, 15) is 0 Å². The quantitative estimate of drug-likeness (QED) is 0.548. The van der Waals surface area contributed by atoms with E-state index in [1.807, 2.05) is 18.2 Å². The molecule has 4 aromatic rings. The number of pyridine rings is 1. The van der Waals surface area contributed by atoms with Gasteiger partial charge in [-0.2, -0.15) is 0 Å². The number of benzene rings is 2. The van der Waals surface area contributed by atoms with E-state index in [0.29, 0.717) is 18.1 Å². The summed E-state index contributed by atoms with van der Waals surface area (Å²) in [5.74, 6) is 0.579. The molecule has 0 N–H and O–H groups in total. The molecule has 122 valence electrons. The lowest BCUT2D eigenvalue weighted by molar-refractivity contribution is 0.313. The molecular weight excluding hydrogens is 310 g/mol. The first kappa shape index (κ1) is 15.3. The van der Waals surface area contributed by atoms with Gasteiger partial charge in [0.15, 0.2) is 5.65 Å². The molecule has 0 radical (unpaired) electrons. The Hall–Kier alpha value is -3.27. The topological polar surface area (TPSA) is 47.9 Å². The van der Waals surface area contributed by atoms with E-state index in [0.717, 1.165) is 11.8 Å². The number of nitrogens with zero attached hydrogens (tertiary/aromatic N) is 3. The van der Waals surface area contributed by atoms with Crippen molar-refractivity contribution in [1.29, 1.82) is 0 Å². The molecule has 2 heterocycles. The third kappa shape index (κ3) is 3.33. The van der Waals surface area contributed by atoms with Crippen molar-refractivity contribution in [3.8, 4) is 17.0 Å². The van der Waals surface area contributed by atoms with Gasteiger partial charge in [0.2, 0.25) is 5.88 Å². The highest BCUT2D eigenvalue weighted by Gasteiger charge is 2.07. The zero-order valence-corrected chi connectivity index (χ0v) is 13.7. The zero-order chi connectivity index (χ0) is 16.9. The number of rotatable bonds is 5. The van der Waals surface area contributed by atoms with Gasteiger partial charge in [-0.1, -0.05) is 54.6 Å². The van der Waals surface area contributed by atoms with Crippen LogP contribution in [0.4, 0.5) is 0 Å². The number of hydrogen-bond donors (Lipinski definition) is 0. The van der Waals surface area contributed by atoms with Crippen LogP contribution in [0.5, 0.6) is 5.88 Å². The molecule has 0 bridgehead atoms. The molecule has 2 aromatic heterocycles. The molecule has 0 aliphatic rings. The van der Waals surface area contributed by atoms with E-state index >= 15 is 0 Å². The molecule has 4 nitrogen and oxygen atoms in total. The third-order valence-electron chi connectivity index (χ3n) is 4.08. The predicted octanol–water partition coefficient (Wildman–Crippen LogP) is 4.31. The number of fused-ring (bicyclic) bond motifs is 1. The Labute approximate surface area is 146 Å². The van der Waals surface area contributed by atoms with E-state index in [4.69, 9.17) is 4.74 Å². The Morgan fingerprint density at radius 3 is 2.52 bits per heavy atom. The largest absolute Gasteiger partial charge is 0.477 e. The van der Waals surface area contributed by atoms with Crippen molar-refractivity contribution in [1.82, 2.24) is 15.0 Å². The van der Waals surface area contributed by atoms with Gasteiger partial charge in [-0.15, -0.1) is 0 Å². The second-order valence-electron chi connectivity index (χ2n) is 5.68. The van der Waals surface area contributed by atoms with Gasteiger partial charge in [-0.3, -0.25) is 0 Å². The van der Waals surface area contributed by atoms with E-state index in [1.165, 1.54) is 23.0 Å². The van der Waals surface area contributed by atoms with E-state index in [-0.39, 0.29) is 0 Å². The second kappa shape index (κ2) is 7.09. The molecule has 0 aliphatic heterocycles. The van der Waals surface area contributed by atoms with Crippen molar-refractivity contribution in [2.75, 3.05) is 6.61 Å². The minimum atomic E-state index is 0.546. The summed E-state index contributed by atoms with van der Waals surface area (Å²) in [7, 11) is 0. The lowest BCUT2D eigenvalue weighted by Crippen LogP contribution is -2.04. The Kier molecular flexibility index (Phi) is 4.33. The fourth-order valence-electron chi connectivity index (χ4n) is 2.88. The smallest absolute Gasteiger partial charge is 0.226 e. The van der Waals surface area contributed by atoms with Gasteiger partial charge in [0, 0.05) is 12.6 Å². The summed E-state index contributed by atoms with van der Waals surface area (Å²) < 4.78 is 5.92. The molecule has 25 heavy (non-hydrogen) atoms. The molecule has 4 heteroatoms. The van der Waals surface area contributed by atoms with Crippen molar-refractivity contribution in [2.45, 2.75) is 6.42 Å². The first-order chi connectivity index (χ1) is 12.4. The first-order valence-corrected chi connectivity index (χ1v) is 8.24. The maximum absolute atomic E-state index is 5.92. The second-order valence-corrected chi connectivity index (χ2v) is 5.68. The maximum Gasteiger partial charge on any atom is 0.226 e. The van der Waals surface area contributed by atoms with Crippen molar-refractivity contribution >= 4 is 11.0 Å². The molecule has 0 atom stereocenters. The van der Waals surface area contributed by atoms with Crippen LogP contribution in [0.1, 0.15) is 5.56 Å². The summed E-state index contributed by atoms with van der Waals surface area (Å²) in [4.78, 5) is 12.6. The molecule has 0 saturated carbocycles. The highest BCUT2D eigenvalue weighted by atomic mass is 16.5. The molecule has 0 fully saturated rings. The first-order valence-electron chi connectivity index (χ1n) is 8.24. The van der Waals surface area contributed by atoms with Gasteiger partial charge in [-0.25, -0.2) is 15.0 Å². The molecule has 0 amide bonds. The standard InChI is InChI=1S/C21H17N3O/c1-2-7-16(8-3-1)18-10-5-4-9-17(18)12-14-25-21-19-11-6-13-22-20(19)23-15-24-21/h1-11,13,15H,12,14H2. The average Bonchev–Trinajstić information content (AvgIpc) is 2.69. The van der Waals surface area contributed by atoms with Crippen molar-refractivity contribution in [3.05, 3.63) is 84.8 Å². The highest BCUT2D eigenvalue weighted by molar-refractivity contribution is 5.79. The number of hydrogen-bond acceptors (Lipinski definition) is 4. The molecule has 4 rings (SSSR count). The third-order valence-corrected chi connectivity index (χ3v) is 4.08. The molecule has 0 saturated heterocycles. The monoisotopic (exact) mass is 327 g/mol. The summed E-state index contributed by atoms with van der Waals surface area (Å²) in [5.41, 5.74) is 4.36. The molecular formula is C21H17N3O. The lowest BCUT2D eigenvalue weighted by Gasteiger charge is -2.11. The summed E-state index contributed by atoms with van der Waals surface area (Å²) in [6, 6.07) is 22.6. The Morgan fingerprint density at radius 2 is 1.60 bits per heavy atom. The molecule has 0 spiro atoms. The van der Waals surface area contributed by atoms with Crippen LogP contribution in [-0.2, 0) is 6.42 Å². The van der Waals surface area contributed by atoms with Crippen LogP contribution < -0.4 is 4.74 Å². The van der Waals surface area contributed by atoms with Crippen LogP contribution >= 0.6 is 0 Å². The number of ether oxygens (including phenoxy) is 1. The van der Waals surface area contributed by atoms with Gasteiger partial charge in [0.1, 0.15) is 6.33 Å². The Bertz CT molecular complexity index is 981. The lowest BCUT2D eigenvalue weighted by atomic mass is 9.98. The van der Waals surface area contributed by atoms with Crippen LogP contribution in [0.15, 0.2) is 79.3 Å². The van der Waals surface area contributed by atoms with Crippen LogP contribution in [0, 0.1) is 0 Å². The van der Waals surface area contributed by atoms with Crippen LogP contribution in [0.2, 0.25) is 0 Å². The predicted molar refractivity (Wildman–Crippen MR) is 98.4 cm³/mol. The van der Waals surface area contributed by atoms with Gasteiger partial charge < -0.3 is 4.74 Å². The molecule has 0 aliphatic carbocycles. The van der Waals surface area contributed by atoms with Crippen molar-refractivity contribution in [2.24, 2.45) is 0 Å². The zero-order valence-electron chi connectivity index (χ0n) is 13.7. The number of aromatic nitrogens is 3. The summed E-state index contributed by atoms with van der Waals surface area (Å²) in [6.45, 7) is 0.546. The van der Waals surface area contributed by atoms with Gasteiger partial charge in [0.05, 0.1) is 12.0 Å². The van der Waals surface area contributed by atoms with Gasteiger partial charge in [0.25, 0.3) is 0 Å². The minimum absolute atomic E-state index is 0.546. The Balaban J connectivity index is 1.53. The Morgan fingerprint density at radius 1 is 0.760 bits per heavy atom.